The number of carbonyl (C=O) groups is 1. The number of alkyl halides is 3. The number of ether oxygens (including phenoxy) is 2. The molecule has 2 atom stereocenters. The Balaban J connectivity index is 0.000000339. The summed E-state index contributed by atoms with van der Waals surface area (Å²) in [7, 11) is -3.15. The molecule has 174 valence electrons. The van der Waals surface area contributed by atoms with Crippen LogP contribution in [0.25, 0.3) is 0 Å². The Hall–Kier alpha value is -1.92. The average molecular weight is 466 g/mol. The number of fused-ring (bicyclic) bond motifs is 1. The predicted octanol–water partition coefficient (Wildman–Crippen LogP) is 2.46. The van der Waals surface area contributed by atoms with E-state index in [0.29, 0.717) is 19.7 Å². The zero-order chi connectivity index (χ0) is 22.7. The Morgan fingerprint density at radius 1 is 1.35 bits per heavy atom. The molecule has 3 fully saturated rings. The molecule has 4 rings (SSSR count). The van der Waals surface area contributed by atoms with Crippen LogP contribution in [0, 0.1) is 5.41 Å². The van der Waals surface area contributed by atoms with Crippen molar-refractivity contribution in [1.82, 2.24) is 9.29 Å². The van der Waals surface area contributed by atoms with E-state index in [-0.39, 0.29) is 16.8 Å². The fourth-order valence-corrected chi connectivity index (χ4v) is 5.86. The highest BCUT2D eigenvalue weighted by Crippen LogP contribution is 2.43. The number of pyridine rings is 1. The van der Waals surface area contributed by atoms with Gasteiger partial charge in [0, 0.05) is 31.3 Å². The molecule has 0 spiro atoms. The molecule has 31 heavy (non-hydrogen) atoms. The van der Waals surface area contributed by atoms with Crippen LogP contribution in [0.15, 0.2) is 24.5 Å². The standard InChI is InChI=1S/C17H24N2O4S.C2HF3O2/c20-24(21,15-4-5-15)19-9-6-16-17(12-19,7-2-10-22-16)13-23-14-3-1-8-18-11-14;3-2(4,5)1(6)7/h1,3,8,11,15-16H,2,4-7,9-10,12-13H2;(H,6,7). The third-order valence-corrected chi connectivity index (χ3v) is 8.01. The summed E-state index contributed by atoms with van der Waals surface area (Å²) in [6, 6.07) is 3.72. The van der Waals surface area contributed by atoms with Crippen LogP contribution in [-0.2, 0) is 19.6 Å². The summed E-state index contributed by atoms with van der Waals surface area (Å²) in [5.41, 5.74) is -0.256. The largest absolute Gasteiger partial charge is 0.491 e. The first kappa shape index (κ1) is 23.7. The van der Waals surface area contributed by atoms with Crippen LogP contribution < -0.4 is 4.74 Å². The molecule has 1 aromatic rings. The molecule has 0 radical (unpaired) electrons. The molecule has 2 unspecified atom stereocenters. The predicted molar refractivity (Wildman–Crippen MR) is 103 cm³/mol. The number of halogens is 3. The van der Waals surface area contributed by atoms with E-state index < -0.39 is 22.2 Å². The minimum Gasteiger partial charge on any atom is -0.491 e. The molecule has 0 bridgehead atoms. The Morgan fingerprint density at radius 2 is 2.06 bits per heavy atom. The number of aromatic nitrogens is 1. The van der Waals surface area contributed by atoms with E-state index in [0.717, 1.165) is 44.5 Å². The zero-order valence-electron chi connectivity index (χ0n) is 16.8. The Kier molecular flexibility index (Phi) is 7.11. The van der Waals surface area contributed by atoms with Gasteiger partial charge in [-0.2, -0.15) is 13.2 Å². The molecule has 0 aromatic carbocycles. The highest BCUT2D eigenvalue weighted by molar-refractivity contribution is 7.90. The topological polar surface area (TPSA) is 106 Å². The highest BCUT2D eigenvalue weighted by Gasteiger charge is 2.51. The van der Waals surface area contributed by atoms with Crippen molar-refractivity contribution in [1.29, 1.82) is 0 Å². The van der Waals surface area contributed by atoms with Crippen molar-refractivity contribution in [2.45, 2.75) is 49.6 Å². The van der Waals surface area contributed by atoms with Gasteiger partial charge in [-0.1, -0.05) is 0 Å². The second kappa shape index (κ2) is 9.29. The lowest BCUT2D eigenvalue weighted by molar-refractivity contribution is -0.192. The third-order valence-electron chi connectivity index (χ3n) is 5.66. The first-order valence-electron chi connectivity index (χ1n) is 9.98. The number of hydrogen-bond donors (Lipinski definition) is 1. The normalized spacial score (nSPS) is 26.9. The Labute approximate surface area is 178 Å². The number of carboxylic acids is 1. The number of rotatable bonds is 5. The SMILES string of the molecule is O=C(O)C(F)(F)F.O=S(=O)(C1CC1)N1CCC2OCCCC2(COc2cccnc2)C1. The van der Waals surface area contributed by atoms with Gasteiger partial charge in [-0.15, -0.1) is 0 Å². The van der Waals surface area contributed by atoms with Crippen LogP contribution in [0.5, 0.6) is 5.75 Å². The van der Waals surface area contributed by atoms with Crippen LogP contribution in [0.1, 0.15) is 32.1 Å². The zero-order valence-corrected chi connectivity index (χ0v) is 17.6. The summed E-state index contributed by atoms with van der Waals surface area (Å²) in [5.74, 6) is -2.04. The van der Waals surface area contributed by atoms with Crippen LogP contribution in [0.3, 0.4) is 0 Å². The first-order chi connectivity index (χ1) is 14.5. The fourth-order valence-electron chi connectivity index (χ4n) is 3.91. The van der Waals surface area contributed by atoms with E-state index in [2.05, 4.69) is 4.98 Å². The van der Waals surface area contributed by atoms with Crippen LogP contribution in [0.4, 0.5) is 13.2 Å². The monoisotopic (exact) mass is 466 g/mol. The van der Waals surface area contributed by atoms with Gasteiger partial charge in [0.2, 0.25) is 10.0 Å². The van der Waals surface area contributed by atoms with Gasteiger partial charge in [0.05, 0.1) is 24.2 Å². The van der Waals surface area contributed by atoms with Crippen molar-refractivity contribution in [3.05, 3.63) is 24.5 Å². The molecule has 1 saturated carbocycles. The van der Waals surface area contributed by atoms with Crippen molar-refractivity contribution in [3.63, 3.8) is 0 Å². The van der Waals surface area contributed by atoms with Gasteiger partial charge in [0.25, 0.3) is 0 Å². The maximum Gasteiger partial charge on any atom is 0.490 e. The summed E-state index contributed by atoms with van der Waals surface area (Å²) >= 11 is 0. The number of aliphatic carboxylic acids is 1. The molecule has 12 heteroatoms. The van der Waals surface area contributed by atoms with Crippen LogP contribution in [0.2, 0.25) is 0 Å². The number of carboxylic acid groups (broad SMARTS) is 1. The summed E-state index contributed by atoms with van der Waals surface area (Å²) < 4.78 is 70.8. The number of piperidine rings is 1. The van der Waals surface area contributed by atoms with Gasteiger partial charge in [0.15, 0.2) is 0 Å². The van der Waals surface area contributed by atoms with Gasteiger partial charge in [-0.3, -0.25) is 4.98 Å². The molecule has 2 aliphatic heterocycles. The first-order valence-corrected chi connectivity index (χ1v) is 11.5. The van der Waals surface area contributed by atoms with E-state index in [1.807, 2.05) is 12.1 Å². The minimum absolute atomic E-state index is 0.0774. The van der Waals surface area contributed by atoms with Crippen molar-refractivity contribution in [2.75, 3.05) is 26.3 Å². The number of sulfonamides is 1. The lowest BCUT2D eigenvalue weighted by Gasteiger charge is -2.49. The maximum absolute atomic E-state index is 12.7. The Bertz CT molecular complexity index is 863. The van der Waals surface area contributed by atoms with E-state index in [1.54, 1.807) is 16.7 Å². The minimum atomic E-state index is -5.08. The maximum atomic E-state index is 12.7. The molecule has 2 saturated heterocycles. The van der Waals surface area contributed by atoms with E-state index in [9.17, 15) is 21.6 Å². The van der Waals surface area contributed by atoms with E-state index in [1.165, 1.54) is 0 Å². The molecule has 1 aromatic heterocycles. The van der Waals surface area contributed by atoms with Crippen LogP contribution >= 0.6 is 0 Å². The van der Waals surface area contributed by atoms with Gasteiger partial charge in [-0.25, -0.2) is 17.5 Å². The smallest absolute Gasteiger partial charge is 0.490 e. The fraction of sp³-hybridized carbons (Fsp3) is 0.684. The molecule has 3 heterocycles. The van der Waals surface area contributed by atoms with E-state index >= 15 is 0 Å². The summed E-state index contributed by atoms with van der Waals surface area (Å²) in [5, 5.41) is 6.97. The summed E-state index contributed by atoms with van der Waals surface area (Å²) in [6.07, 6.45) is 2.64. The molecular weight excluding hydrogens is 441 g/mol. The lowest BCUT2D eigenvalue weighted by Crippen LogP contribution is -2.58. The van der Waals surface area contributed by atoms with Gasteiger partial charge >= 0.3 is 12.1 Å². The number of nitrogens with zero attached hydrogens (tertiary/aromatic N) is 2. The molecule has 0 amide bonds. The van der Waals surface area contributed by atoms with Crippen molar-refractivity contribution >= 4 is 16.0 Å². The molecule has 1 N–H and O–H groups in total. The van der Waals surface area contributed by atoms with Gasteiger partial charge in [0.1, 0.15) is 5.75 Å². The van der Waals surface area contributed by atoms with Gasteiger partial charge < -0.3 is 14.6 Å². The highest BCUT2D eigenvalue weighted by atomic mass is 32.2. The molecule has 1 aliphatic carbocycles. The molecule has 8 nitrogen and oxygen atoms in total. The molecular formula is C19H25F3N2O6S. The van der Waals surface area contributed by atoms with Crippen molar-refractivity contribution in [2.24, 2.45) is 5.41 Å². The second-order valence-corrected chi connectivity index (χ2v) is 10.2. The lowest BCUT2D eigenvalue weighted by atomic mass is 9.73. The van der Waals surface area contributed by atoms with Crippen molar-refractivity contribution in [3.8, 4) is 5.75 Å². The second-order valence-electron chi connectivity index (χ2n) is 7.97. The molecule has 3 aliphatic rings. The summed E-state index contributed by atoms with van der Waals surface area (Å²) in [4.78, 5) is 13.0. The van der Waals surface area contributed by atoms with Crippen LogP contribution in [-0.4, -0.2) is 72.6 Å². The third kappa shape index (κ3) is 5.86. The van der Waals surface area contributed by atoms with Gasteiger partial charge in [-0.05, 0) is 44.2 Å². The average Bonchev–Trinajstić information content (AvgIpc) is 3.58. The quantitative estimate of drug-likeness (QED) is 0.711. The van der Waals surface area contributed by atoms with Crippen molar-refractivity contribution < 1.29 is 41.0 Å². The van der Waals surface area contributed by atoms with E-state index in [4.69, 9.17) is 19.4 Å². The number of hydrogen-bond acceptors (Lipinski definition) is 6. The summed E-state index contributed by atoms with van der Waals surface area (Å²) in [6.45, 7) is 2.31. The Morgan fingerprint density at radius 3 is 2.65 bits per heavy atom.